The Hall–Kier alpha value is -1.09. The molecular formula is C15H24FNO. The van der Waals surface area contributed by atoms with E-state index in [2.05, 4.69) is 19.2 Å². The van der Waals surface area contributed by atoms with Crippen LogP contribution in [0.3, 0.4) is 0 Å². The van der Waals surface area contributed by atoms with E-state index in [-0.39, 0.29) is 11.9 Å². The lowest BCUT2D eigenvalue weighted by Gasteiger charge is -2.15. The van der Waals surface area contributed by atoms with Crippen LogP contribution in [0.1, 0.15) is 33.6 Å². The topological polar surface area (TPSA) is 21.3 Å². The average molecular weight is 253 g/mol. The van der Waals surface area contributed by atoms with Gasteiger partial charge in [0, 0.05) is 6.07 Å². The van der Waals surface area contributed by atoms with Gasteiger partial charge in [-0.2, -0.15) is 0 Å². The zero-order valence-electron chi connectivity index (χ0n) is 11.6. The van der Waals surface area contributed by atoms with Gasteiger partial charge in [-0.05, 0) is 50.9 Å². The predicted octanol–water partition coefficient (Wildman–Crippen LogP) is 3.62. The summed E-state index contributed by atoms with van der Waals surface area (Å²) in [6, 6.07) is 6.30. The molecule has 0 aliphatic heterocycles. The lowest BCUT2D eigenvalue weighted by Crippen LogP contribution is -2.22. The summed E-state index contributed by atoms with van der Waals surface area (Å²) in [5.74, 6) is 1.04. The molecule has 0 aliphatic carbocycles. The molecule has 0 bridgehead atoms. The van der Waals surface area contributed by atoms with E-state index < -0.39 is 0 Å². The minimum absolute atomic E-state index is 0.118. The first kappa shape index (κ1) is 15.0. The van der Waals surface area contributed by atoms with E-state index in [0.717, 1.165) is 25.9 Å². The maximum Gasteiger partial charge on any atom is 0.126 e. The van der Waals surface area contributed by atoms with Crippen molar-refractivity contribution >= 4 is 0 Å². The predicted molar refractivity (Wildman–Crippen MR) is 73.4 cm³/mol. The van der Waals surface area contributed by atoms with Crippen molar-refractivity contribution in [2.24, 2.45) is 5.92 Å². The number of hydrogen-bond donors (Lipinski definition) is 1. The minimum Gasteiger partial charge on any atom is -0.491 e. The van der Waals surface area contributed by atoms with Gasteiger partial charge in [0.1, 0.15) is 11.6 Å². The normalized spacial score (nSPS) is 12.7. The van der Waals surface area contributed by atoms with Crippen LogP contribution in [0.15, 0.2) is 24.3 Å². The molecule has 0 spiro atoms. The maximum absolute atomic E-state index is 13.0. The molecule has 1 atom stereocenters. The van der Waals surface area contributed by atoms with Crippen LogP contribution in [0.2, 0.25) is 0 Å². The number of hydrogen-bond acceptors (Lipinski definition) is 2. The molecule has 0 radical (unpaired) electrons. The van der Waals surface area contributed by atoms with Crippen LogP contribution in [0, 0.1) is 11.7 Å². The monoisotopic (exact) mass is 253 g/mol. The quantitative estimate of drug-likeness (QED) is 0.714. The van der Waals surface area contributed by atoms with Gasteiger partial charge in [-0.3, -0.25) is 0 Å². The summed E-state index contributed by atoms with van der Waals surface area (Å²) < 4.78 is 18.6. The molecule has 1 aromatic rings. The van der Waals surface area contributed by atoms with Gasteiger partial charge in [-0.25, -0.2) is 4.39 Å². The molecular weight excluding hydrogens is 229 g/mol. The summed E-state index contributed by atoms with van der Waals surface area (Å²) >= 11 is 0. The first-order chi connectivity index (χ1) is 8.58. The van der Waals surface area contributed by atoms with Gasteiger partial charge in [0.15, 0.2) is 0 Å². The van der Waals surface area contributed by atoms with Crippen molar-refractivity contribution in [3.63, 3.8) is 0 Å². The molecule has 0 aliphatic rings. The molecule has 0 saturated carbocycles. The van der Waals surface area contributed by atoms with Gasteiger partial charge in [0.2, 0.25) is 0 Å². The molecule has 102 valence electrons. The molecule has 0 amide bonds. The standard InChI is InChI=1S/C15H24FNO/c1-12(2)11-17-9-5-6-13(3)18-15-8-4-7-14(16)10-15/h4,7-8,10,12-13,17H,5-6,9,11H2,1-3H3. The summed E-state index contributed by atoms with van der Waals surface area (Å²) in [5, 5.41) is 3.40. The fraction of sp³-hybridized carbons (Fsp3) is 0.600. The molecule has 1 N–H and O–H groups in total. The molecule has 1 rings (SSSR count). The van der Waals surface area contributed by atoms with Crippen molar-refractivity contribution in [1.29, 1.82) is 0 Å². The van der Waals surface area contributed by atoms with Crippen molar-refractivity contribution in [3.8, 4) is 5.75 Å². The van der Waals surface area contributed by atoms with E-state index in [0.29, 0.717) is 11.7 Å². The Morgan fingerprint density at radius 2 is 2.06 bits per heavy atom. The van der Waals surface area contributed by atoms with Crippen LogP contribution in [0.4, 0.5) is 4.39 Å². The second-order valence-electron chi connectivity index (χ2n) is 5.13. The Balaban J connectivity index is 2.16. The van der Waals surface area contributed by atoms with Crippen LogP contribution >= 0.6 is 0 Å². The fourth-order valence-electron chi connectivity index (χ4n) is 1.74. The van der Waals surface area contributed by atoms with Crippen LogP contribution in [0.5, 0.6) is 5.75 Å². The molecule has 0 fully saturated rings. The SMILES string of the molecule is CC(C)CNCCCC(C)Oc1cccc(F)c1. The van der Waals surface area contributed by atoms with Crippen molar-refractivity contribution < 1.29 is 9.13 Å². The summed E-state index contributed by atoms with van der Waals surface area (Å²) in [7, 11) is 0. The van der Waals surface area contributed by atoms with Crippen LogP contribution < -0.4 is 10.1 Å². The minimum atomic E-state index is -0.252. The molecule has 0 saturated heterocycles. The highest BCUT2D eigenvalue weighted by molar-refractivity contribution is 5.22. The van der Waals surface area contributed by atoms with Crippen LogP contribution in [-0.4, -0.2) is 19.2 Å². The van der Waals surface area contributed by atoms with Gasteiger partial charge >= 0.3 is 0 Å². The number of halogens is 1. The third-order valence-corrected chi connectivity index (χ3v) is 2.65. The Morgan fingerprint density at radius 1 is 1.28 bits per heavy atom. The second kappa shape index (κ2) is 8.09. The average Bonchev–Trinajstić information content (AvgIpc) is 2.28. The third kappa shape index (κ3) is 6.60. The summed E-state index contributed by atoms with van der Waals surface area (Å²) in [4.78, 5) is 0. The number of rotatable bonds is 8. The van der Waals surface area contributed by atoms with Crippen LogP contribution in [-0.2, 0) is 0 Å². The molecule has 1 unspecified atom stereocenters. The Bertz CT molecular complexity index is 341. The Kier molecular flexibility index (Phi) is 6.73. The van der Waals surface area contributed by atoms with E-state index in [1.54, 1.807) is 12.1 Å². The van der Waals surface area contributed by atoms with Crippen molar-refractivity contribution in [3.05, 3.63) is 30.1 Å². The molecule has 0 aromatic heterocycles. The smallest absolute Gasteiger partial charge is 0.126 e. The largest absolute Gasteiger partial charge is 0.491 e. The lowest BCUT2D eigenvalue weighted by molar-refractivity contribution is 0.206. The Morgan fingerprint density at radius 3 is 2.72 bits per heavy atom. The summed E-state index contributed by atoms with van der Waals surface area (Å²) in [5.41, 5.74) is 0. The number of benzene rings is 1. The summed E-state index contributed by atoms with van der Waals surface area (Å²) in [6.45, 7) is 8.48. The zero-order chi connectivity index (χ0) is 13.4. The van der Waals surface area contributed by atoms with Gasteiger partial charge in [-0.1, -0.05) is 19.9 Å². The van der Waals surface area contributed by atoms with E-state index in [1.807, 2.05) is 6.92 Å². The van der Waals surface area contributed by atoms with Gasteiger partial charge in [0.05, 0.1) is 6.10 Å². The molecule has 18 heavy (non-hydrogen) atoms. The number of nitrogens with one attached hydrogen (secondary N) is 1. The van der Waals surface area contributed by atoms with Gasteiger partial charge in [-0.15, -0.1) is 0 Å². The molecule has 2 nitrogen and oxygen atoms in total. The number of ether oxygens (including phenoxy) is 1. The van der Waals surface area contributed by atoms with Gasteiger partial charge < -0.3 is 10.1 Å². The summed E-state index contributed by atoms with van der Waals surface area (Å²) in [6.07, 6.45) is 2.16. The molecule has 0 heterocycles. The highest BCUT2D eigenvalue weighted by atomic mass is 19.1. The zero-order valence-corrected chi connectivity index (χ0v) is 11.6. The fourth-order valence-corrected chi connectivity index (χ4v) is 1.74. The maximum atomic E-state index is 13.0. The second-order valence-corrected chi connectivity index (χ2v) is 5.13. The van der Waals surface area contributed by atoms with E-state index in [9.17, 15) is 4.39 Å². The Labute approximate surface area is 110 Å². The highest BCUT2D eigenvalue weighted by Gasteiger charge is 2.04. The highest BCUT2D eigenvalue weighted by Crippen LogP contribution is 2.15. The lowest BCUT2D eigenvalue weighted by atomic mass is 10.2. The van der Waals surface area contributed by atoms with Crippen molar-refractivity contribution in [1.82, 2.24) is 5.32 Å². The first-order valence-corrected chi connectivity index (χ1v) is 6.71. The van der Waals surface area contributed by atoms with Crippen LogP contribution in [0.25, 0.3) is 0 Å². The van der Waals surface area contributed by atoms with Crippen molar-refractivity contribution in [2.45, 2.75) is 39.7 Å². The molecule has 1 aromatic carbocycles. The van der Waals surface area contributed by atoms with E-state index in [4.69, 9.17) is 4.74 Å². The van der Waals surface area contributed by atoms with E-state index >= 15 is 0 Å². The van der Waals surface area contributed by atoms with Crippen molar-refractivity contribution in [2.75, 3.05) is 13.1 Å². The molecule has 3 heteroatoms. The first-order valence-electron chi connectivity index (χ1n) is 6.71. The van der Waals surface area contributed by atoms with E-state index in [1.165, 1.54) is 12.1 Å². The van der Waals surface area contributed by atoms with Gasteiger partial charge in [0.25, 0.3) is 0 Å². The third-order valence-electron chi connectivity index (χ3n) is 2.65.